The molecule has 1 fully saturated rings. The molecular weight excluding hydrogens is 274 g/mol. The maximum Gasteiger partial charge on any atom is 0.260 e. The SMILES string of the molecule is CCCN(CC1CC1)S(=O)(=O)c1ccc(CNC)cn1. The fourth-order valence-corrected chi connectivity index (χ4v) is 3.67. The molecule has 0 atom stereocenters. The minimum Gasteiger partial charge on any atom is -0.316 e. The predicted molar refractivity (Wildman–Crippen MR) is 78.8 cm³/mol. The van der Waals surface area contributed by atoms with Crippen LogP contribution in [0.25, 0.3) is 0 Å². The van der Waals surface area contributed by atoms with Gasteiger partial charge in [0.15, 0.2) is 5.03 Å². The van der Waals surface area contributed by atoms with E-state index in [1.165, 1.54) is 0 Å². The van der Waals surface area contributed by atoms with Gasteiger partial charge in [-0.25, -0.2) is 13.4 Å². The highest BCUT2D eigenvalue weighted by molar-refractivity contribution is 7.89. The molecule has 0 unspecified atom stereocenters. The normalized spacial score (nSPS) is 15.8. The second-order valence-electron chi connectivity index (χ2n) is 5.34. The van der Waals surface area contributed by atoms with Gasteiger partial charge < -0.3 is 5.32 Å². The monoisotopic (exact) mass is 297 g/mol. The maximum atomic E-state index is 12.6. The van der Waals surface area contributed by atoms with E-state index in [-0.39, 0.29) is 5.03 Å². The highest BCUT2D eigenvalue weighted by Gasteiger charge is 2.31. The fraction of sp³-hybridized carbons (Fsp3) is 0.643. The van der Waals surface area contributed by atoms with E-state index >= 15 is 0 Å². The molecule has 0 aliphatic heterocycles. The van der Waals surface area contributed by atoms with Gasteiger partial charge in [-0.1, -0.05) is 13.0 Å². The molecule has 0 saturated heterocycles. The summed E-state index contributed by atoms with van der Waals surface area (Å²) in [6, 6.07) is 3.43. The van der Waals surface area contributed by atoms with E-state index in [1.807, 2.05) is 20.0 Å². The van der Waals surface area contributed by atoms with Crippen LogP contribution in [0.2, 0.25) is 0 Å². The van der Waals surface area contributed by atoms with Crippen molar-refractivity contribution in [3.05, 3.63) is 23.9 Å². The summed E-state index contributed by atoms with van der Waals surface area (Å²) < 4.78 is 26.8. The van der Waals surface area contributed by atoms with Crippen LogP contribution in [0.4, 0.5) is 0 Å². The van der Waals surface area contributed by atoms with Crippen LogP contribution in [0, 0.1) is 5.92 Å². The fourth-order valence-electron chi connectivity index (χ4n) is 2.15. The number of hydrogen-bond acceptors (Lipinski definition) is 4. The number of hydrogen-bond donors (Lipinski definition) is 1. The third-order valence-corrected chi connectivity index (χ3v) is 5.20. The van der Waals surface area contributed by atoms with Crippen LogP contribution in [0.3, 0.4) is 0 Å². The summed E-state index contributed by atoms with van der Waals surface area (Å²) in [6.45, 7) is 3.89. The molecule has 2 rings (SSSR count). The zero-order valence-corrected chi connectivity index (χ0v) is 13.0. The Bertz CT molecular complexity index is 524. The highest BCUT2D eigenvalue weighted by atomic mass is 32.2. The van der Waals surface area contributed by atoms with Crippen molar-refractivity contribution in [1.82, 2.24) is 14.6 Å². The van der Waals surface area contributed by atoms with Crippen molar-refractivity contribution in [1.29, 1.82) is 0 Å². The Morgan fingerprint density at radius 3 is 2.65 bits per heavy atom. The van der Waals surface area contributed by atoms with Crippen LogP contribution in [0.15, 0.2) is 23.4 Å². The lowest BCUT2D eigenvalue weighted by atomic mass is 10.3. The number of sulfonamides is 1. The molecule has 0 amide bonds. The van der Waals surface area contributed by atoms with Crippen LogP contribution in [0.1, 0.15) is 31.7 Å². The van der Waals surface area contributed by atoms with Gasteiger partial charge in [-0.3, -0.25) is 0 Å². The molecule has 6 heteroatoms. The zero-order chi connectivity index (χ0) is 14.6. The molecule has 0 aromatic carbocycles. The van der Waals surface area contributed by atoms with Gasteiger partial charge in [-0.15, -0.1) is 0 Å². The smallest absolute Gasteiger partial charge is 0.260 e. The van der Waals surface area contributed by atoms with Crippen LogP contribution in [-0.4, -0.2) is 37.8 Å². The molecule has 0 radical (unpaired) electrons. The van der Waals surface area contributed by atoms with E-state index < -0.39 is 10.0 Å². The first kappa shape index (κ1) is 15.4. The Labute approximate surface area is 121 Å². The van der Waals surface area contributed by atoms with Crippen molar-refractivity contribution in [2.24, 2.45) is 5.92 Å². The third kappa shape index (κ3) is 3.77. The van der Waals surface area contributed by atoms with Crippen molar-refractivity contribution in [2.75, 3.05) is 20.1 Å². The number of rotatable bonds is 8. The summed E-state index contributed by atoms with van der Waals surface area (Å²) in [5.41, 5.74) is 0.982. The summed E-state index contributed by atoms with van der Waals surface area (Å²) in [6.07, 6.45) is 4.74. The minimum absolute atomic E-state index is 0.159. The Morgan fingerprint density at radius 1 is 1.40 bits per heavy atom. The molecule has 1 heterocycles. The molecule has 1 saturated carbocycles. The predicted octanol–water partition coefficient (Wildman–Crippen LogP) is 1.61. The second-order valence-corrected chi connectivity index (χ2v) is 7.23. The number of aromatic nitrogens is 1. The van der Waals surface area contributed by atoms with Gasteiger partial charge >= 0.3 is 0 Å². The lowest BCUT2D eigenvalue weighted by molar-refractivity contribution is 0.394. The molecular formula is C14H23N3O2S. The van der Waals surface area contributed by atoms with Gasteiger partial charge in [0, 0.05) is 25.8 Å². The van der Waals surface area contributed by atoms with Crippen molar-refractivity contribution in [3.63, 3.8) is 0 Å². The first-order valence-corrected chi connectivity index (χ1v) is 8.61. The number of nitrogens with one attached hydrogen (secondary N) is 1. The summed E-state index contributed by atoms with van der Waals surface area (Å²) >= 11 is 0. The number of pyridine rings is 1. The lowest BCUT2D eigenvalue weighted by Gasteiger charge is -2.21. The van der Waals surface area contributed by atoms with Gasteiger partial charge in [-0.05, 0) is 43.9 Å². The minimum atomic E-state index is -3.45. The topological polar surface area (TPSA) is 62.3 Å². The van der Waals surface area contributed by atoms with E-state index in [9.17, 15) is 8.42 Å². The molecule has 0 spiro atoms. The van der Waals surface area contributed by atoms with Crippen LogP contribution < -0.4 is 5.32 Å². The van der Waals surface area contributed by atoms with E-state index in [0.717, 1.165) is 24.8 Å². The molecule has 20 heavy (non-hydrogen) atoms. The molecule has 1 aromatic rings. The molecule has 1 aliphatic carbocycles. The standard InChI is InChI=1S/C14H23N3O2S/c1-3-8-17(11-12-4-5-12)20(18,19)14-7-6-13(9-15-2)10-16-14/h6-7,10,12,15H,3-5,8-9,11H2,1-2H3. The molecule has 1 aromatic heterocycles. The first-order valence-electron chi connectivity index (χ1n) is 7.17. The molecule has 1 N–H and O–H groups in total. The summed E-state index contributed by atoms with van der Waals surface area (Å²) in [5.74, 6) is 0.542. The third-order valence-electron chi connectivity index (χ3n) is 3.41. The van der Waals surface area contributed by atoms with Crippen molar-refractivity contribution in [3.8, 4) is 0 Å². The zero-order valence-electron chi connectivity index (χ0n) is 12.2. The lowest BCUT2D eigenvalue weighted by Crippen LogP contribution is -2.34. The summed E-state index contributed by atoms with van der Waals surface area (Å²) in [7, 11) is -1.60. The average Bonchev–Trinajstić information content (AvgIpc) is 3.23. The maximum absolute atomic E-state index is 12.6. The Hall–Kier alpha value is -0.980. The van der Waals surface area contributed by atoms with Gasteiger partial charge in [0.05, 0.1) is 0 Å². The van der Waals surface area contributed by atoms with Gasteiger partial charge in [-0.2, -0.15) is 4.31 Å². The van der Waals surface area contributed by atoms with Crippen molar-refractivity contribution < 1.29 is 8.42 Å². The van der Waals surface area contributed by atoms with E-state index in [4.69, 9.17) is 0 Å². The Morgan fingerprint density at radius 2 is 2.15 bits per heavy atom. The van der Waals surface area contributed by atoms with Crippen LogP contribution in [-0.2, 0) is 16.6 Å². The summed E-state index contributed by atoms with van der Waals surface area (Å²) in [4.78, 5) is 4.13. The Balaban J connectivity index is 2.17. The van der Waals surface area contributed by atoms with Gasteiger partial charge in [0.1, 0.15) is 0 Å². The van der Waals surface area contributed by atoms with E-state index in [2.05, 4.69) is 10.3 Å². The summed E-state index contributed by atoms with van der Waals surface area (Å²) in [5, 5.41) is 3.18. The number of nitrogens with zero attached hydrogens (tertiary/aromatic N) is 2. The molecule has 0 bridgehead atoms. The van der Waals surface area contributed by atoms with Crippen LogP contribution in [0.5, 0.6) is 0 Å². The largest absolute Gasteiger partial charge is 0.316 e. The molecule has 112 valence electrons. The van der Waals surface area contributed by atoms with Crippen molar-refractivity contribution in [2.45, 2.75) is 37.8 Å². The first-order chi connectivity index (χ1) is 9.57. The highest BCUT2D eigenvalue weighted by Crippen LogP contribution is 2.31. The second kappa shape index (κ2) is 6.65. The van der Waals surface area contributed by atoms with Gasteiger partial charge in [0.25, 0.3) is 10.0 Å². The average molecular weight is 297 g/mol. The van der Waals surface area contributed by atoms with Crippen molar-refractivity contribution >= 4 is 10.0 Å². The quantitative estimate of drug-likeness (QED) is 0.792. The van der Waals surface area contributed by atoms with E-state index in [1.54, 1.807) is 16.6 Å². The van der Waals surface area contributed by atoms with E-state index in [0.29, 0.717) is 25.6 Å². The molecule has 1 aliphatic rings. The Kier molecular flexibility index (Phi) is 5.12. The van der Waals surface area contributed by atoms with Gasteiger partial charge in [0.2, 0.25) is 0 Å². The van der Waals surface area contributed by atoms with Crippen LogP contribution >= 0.6 is 0 Å². The molecule has 5 nitrogen and oxygen atoms in total.